The molecule has 0 bridgehead atoms. The minimum atomic E-state index is -3.93. The molecule has 0 spiro atoms. The van der Waals surface area contributed by atoms with Crippen LogP contribution in [0.4, 0.5) is 14.3 Å². The molecule has 0 saturated carbocycles. The van der Waals surface area contributed by atoms with Crippen LogP contribution < -0.4 is 4.90 Å². The van der Waals surface area contributed by atoms with E-state index in [-0.39, 0.29) is 0 Å². The predicted molar refractivity (Wildman–Crippen MR) is 141 cm³/mol. The molecule has 0 fully saturated rings. The van der Waals surface area contributed by atoms with Crippen molar-refractivity contribution in [3.63, 3.8) is 0 Å². The molecule has 0 unspecified atom stereocenters. The molecule has 0 N–H and O–H groups in total. The average molecular weight is 453 g/mol. The van der Waals surface area contributed by atoms with Gasteiger partial charge < -0.3 is 22.5 Å². The molecule has 1 aromatic heterocycles. The number of rotatable bonds is 5. The molecule has 2 aromatic carbocycles. The number of aromatic nitrogens is 1. The zero-order valence-corrected chi connectivity index (χ0v) is 19.5. The normalized spacial score (nSPS) is 16.0. The number of allylic oxidation sites excluding steroid dienone is 2. The van der Waals surface area contributed by atoms with E-state index in [0.29, 0.717) is 17.1 Å². The van der Waals surface area contributed by atoms with Crippen molar-refractivity contribution in [3.05, 3.63) is 106 Å². The predicted octanol–water partition coefficient (Wildman–Crippen LogP) is 6.43. The zero-order chi connectivity index (χ0) is 23.9. The fourth-order valence-electron chi connectivity index (χ4n) is 4.41. The summed E-state index contributed by atoms with van der Waals surface area (Å²) in [6, 6.07) is 18.2. The van der Waals surface area contributed by atoms with Gasteiger partial charge in [0.15, 0.2) is 5.70 Å². The maximum atomic E-state index is 15.3. The van der Waals surface area contributed by atoms with Gasteiger partial charge in [0.2, 0.25) is 0 Å². The molecular formula is C28H26BF2N3. The monoisotopic (exact) mass is 453 g/mol. The van der Waals surface area contributed by atoms with Crippen LogP contribution in [0.15, 0.2) is 72.4 Å². The summed E-state index contributed by atoms with van der Waals surface area (Å²) >= 11 is 0. The summed E-state index contributed by atoms with van der Waals surface area (Å²) in [4.78, 5) is 2.07. The lowest BCUT2D eigenvalue weighted by Gasteiger charge is -2.29. The molecule has 3 heterocycles. The number of anilines is 1. The molecule has 2 aliphatic heterocycles. The molecule has 0 saturated heterocycles. The molecule has 34 heavy (non-hydrogen) atoms. The van der Waals surface area contributed by atoms with E-state index >= 15 is 8.63 Å². The van der Waals surface area contributed by atoms with Gasteiger partial charge in [-0.25, -0.2) is 0 Å². The molecule has 0 radical (unpaired) electrons. The van der Waals surface area contributed by atoms with E-state index in [0.717, 1.165) is 31.2 Å². The van der Waals surface area contributed by atoms with Crippen LogP contribution in [0.25, 0.3) is 30.4 Å². The van der Waals surface area contributed by atoms with Gasteiger partial charge in [-0.2, -0.15) is 0 Å². The molecule has 170 valence electrons. The van der Waals surface area contributed by atoms with Crippen LogP contribution in [-0.4, -0.2) is 36.2 Å². The third-order valence-corrected chi connectivity index (χ3v) is 6.31. The van der Waals surface area contributed by atoms with Crippen LogP contribution in [0.3, 0.4) is 0 Å². The standard InChI is InChI=1S/C28H26BF2N3/c1-21-19-27(34-28(21)20-26-5-4-18-33(26)29(34,30)31)17-14-23-9-6-22(7-10-23)8-11-24-12-15-25(16-13-24)32(2)3/h4-20H,1-3H3/b11-8+,17-14+. The van der Waals surface area contributed by atoms with Crippen LogP contribution >= 0.6 is 0 Å². The molecule has 0 amide bonds. The van der Waals surface area contributed by atoms with E-state index in [9.17, 15) is 0 Å². The van der Waals surface area contributed by atoms with E-state index < -0.39 is 6.97 Å². The van der Waals surface area contributed by atoms with Crippen LogP contribution in [0, 0.1) is 6.92 Å². The molecule has 2 aliphatic rings. The van der Waals surface area contributed by atoms with Crippen LogP contribution in [0.2, 0.25) is 0 Å². The highest BCUT2D eigenvalue weighted by Gasteiger charge is 2.50. The van der Waals surface area contributed by atoms with Crippen LogP contribution in [0.1, 0.15) is 33.6 Å². The number of benzene rings is 2. The van der Waals surface area contributed by atoms with E-state index in [4.69, 9.17) is 0 Å². The Labute approximate surface area is 199 Å². The highest BCUT2D eigenvalue weighted by Crippen LogP contribution is 2.34. The quantitative estimate of drug-likeness (QED) is 0.320. The largest absolute Gasteiger partial charge is 0.737 e. The molecule has 0 aliphatic carbocycles. The summed E-state index contributed by atoms with van der Waals surface area (Å²) < 4.78 is 32.8. The van der Waals surface area contributed by atoms with Crippen molar-refractivity contribution >= 4 is 49.3 Å². The minimum absolute atomic E-state index is 0.498. The Balaban J connectivity index is 1.34. The molecular weight excluding hydrogens is 427 g/mol. The Bertz CT molecular complexity index is 1390. The molecule has 3 aromatic rings. The van der Waals surface area contributed by atoms with E-state index in [2.05, 4.69) is 41.3 Å². The maximum Gasteiger partial charge on any atom is 0.737 e. The fourth-order valence-corrected chi connectivity index (χ4v) is 4.41. The first kappa shape index (κ1) is 21.9. The van der Waals surface area contributed by atoms with Gasteiger partial charge in [-0.05, 0) is 53.5 Å². The molecule has 5 rings (SSSR count). The summed E-state index contributed by atoms with van der Waals surface area (Å²) in [5, 5.41) is 0. The fraction of sp³-hybridized carbons (Fsp3) is 0.107. The highest BCUT2D eigenvalue weighted by molar-refractivity contribution is 6.58. The van der Waals surface area contributed by atoms with E-state index in [1.807, 2.05) is 63.5 Å². The topological polar surface area (TPSA) is 11.2 Å². The zero-order valence-electron chi connectivity index (χ0n) is 19.5. The number of nitrogens with zero attached hydrogens (tertiary/aromatic N) is 3. The van der Waals surface area contributed by atoms with Crippen molar-refractivity contribution in [3.8, 4) is 0 Å². The van der Waals surface area contributed by atoms with Gasteiger partial charge in [-0.1, -0.05) is 54.6 Å². The summed E-state index contributed by atoms with van der Waals surface area (Å²) in [5.41, 5.74) is 6.77. The van der Waals surface area contributed by atoms with Crippen molar-refractivity contribution in [2.45, 2.75) is 6.92 Å². The molecule has 6 heteroatoms. The van der Waals surface area contributed by atoms with Gasteiger partial charge in [-0.3, -0.25) is 0 Å². The SMILES string of the molecule is Cc1cc(/C=C/c2ccc(/C=C/c3ccc(N(C)C)cc3)cc2)n2c1C=C1C=CC=[N+]1[B-]2(F)F. The molecule has 3 nitrogen and oxygen atoms in total. The average Bonchev–Trinajstić information content (AvgIpc) is 3.43. The first-order valence-electron chi connectivity index (χ1n) is 11.3. The Morgan fingerprint density at radius 2 is 1.41 bits per heavy atom. The van der Waals surface area contributed by atoms with Crippen molar-refractivity contribution in [1.82, 2.24) is 4.48 Å². The number of halogens is 2. The second-order valence-corrected chi connectivity index (χ2v) is 8.90. The number of fused-ring (bicyclic) bond motifs is 2. The van der Waals surface area contributed by atoms with Gasteiger partial charge in [0.05, 0.1) is 0 Å². The van der Waals surface area contributed by atoms with Gasteiger partial charge in [0.25, 0.3) is 0 Å². The van der Waals surface area contributed by atoms with E-state index in [1.165, 1.54) is 11.9 Å². The summed E-state index contributed by atoms with van der Waals surface area (Å²) in [6.45, 7) is -2.05. The van der Waals surface area contributed by atoms with Gasteiger partial charge in [0.1, 0.15) is 6.21 Å². The van der Waals surface area contributed by atoms with Crippen LogP contribution in [0.5, 0.6) is 0 Å². The highest BCUT2D eigenvalue weighted by atomic mass is 19.2. The first-order chi connectivity index (χ1) is 16.3. The number of hydrogen-bond acceptors (Lipinski definition) is 1. The summed E-state index contributed by atoms with van der Waals surface area (Å²) in [5.74, 6) is 0. The Hall–Kier alpha value is -3.93. The maximum absolute atomic E-state index is 15.3. The third kappa shape index (κ3) is 3.96. The van der Waals surface area contributed by atoms with Crippen molar-refractivity contribution in [1.29, 1.82) is 0 Å². The van der Waals surface area contributed by atoms with Crippen molar-refractivity contribution in [2.24, 2.45) is 0 Å². The summed E-state index contributed by atoms with van der Waals surface area (Å²) in [7, 11) is 4.05. The Kier molecular flexibility index (Phi) is 5.44. The van der Waals surface area contributed by atoms with Crippen molar-refractivity contribution < 1.29 is 13.1 Å². The Morgan fingerprint density at radius 1 is 0.853 bits per heavy atom. The number of hydrogen-bond donors (Lipinski definition) is 0. The second-order valence-electron chi connectivity index (χ2n) is 8.90. The van der Waals surface area contributed by atoms with Gasteiger partial charge >= 0.3 is 6.97 Å². The second kappa shape index (κ2) is 8.45. The first-order valence-corrected chi connectivity index (χ1v) is 11.3. The van der Waals surface area contributed by atoms with E-state index in [1.54, 1.807) is 18.2 Å². The lowest BCUT2D eigenvalue weighted by Crippen LogP contribution is -2.49. The third-order valence-electron chi connectivity index (χ3n) is 6.31. The smallest absolute Gasteiger partial charge is 0.390 e. The van der Waals surface area contributed by atoms with Gasteiger partial charge in [-0.15, -0.1) is 0 Å². The molecule has 0 atom stereocenters. The number of aryl methyl sites for hydroxylation is 1. The van der Waals surface area contributed by atoms with Crippen molar-refractivity contribution in [2.75, 3.05) is 19.0 Å². The minimum Gasteiger partial charge on any atom is -0.390 e. The lowest BCUT2D eigenvalue weighted by atomic mass is 9.91. The van der Waals surface area contributed by atoms with Crippen LogP contribution in [-0.2, 0) is 0 Å². The van der Waals surface area contributed by atoms with Gasteiger partial charge in [0, 0.05) is 49.4 Å². The lowest BCUT2D eigenvalue weighted by molar-refractivity contribution is -0.355. The Morgan fingerprint density at radius 3 is 2.00 bits per heavy atom. The summed E-state index contributed by atoms with van der Waals surface area (Å²) in [6.07, 6.45) is 14.4.